The largest absolute Gasteiger partial charge is 0.527 e. The van der Waals surface area contributed by atoms with Crippen LogP contribution in [0.1, 0.15) is 16.8 Å². The standard InChI is InChI=1S/C14H12ClN2O2S/c1-9-13(14(16)20-18)11(7-12(15)17-9)19-8-10-5-3-2-4-6-10/h2-7,16H,8H2,1H3/q+1. The third-order valence-electron chi connectivity index (χ3n) is 2.68. The van der Waals surface area contributed by atoms with E-state index in [2.05, 4.69) is 4.98 Å². The van der Waals surface area contributed by atoms with Gasteiger partial charge in [-0.05, 0) is 12.5 Å². The average Bonchev–Trinajstić information content (AvgIpc) is 2.45. The molecule has 6 heteroatoms. The molecule has 0 aliphatic rings. The molecular formula is C14H12ClN2O2S+. The first kappa shape index (κ1) is 14.6. The number of aryl methyl sites for hydroxylation is 1. The highest BCUT2D eigenvalue weighted by Crippen LogP contribution is 2.26. The zero-order valence-electron chi connectivity index (χ0n) is 10.7. The lowest BCUT2D eigenvalue weighted by Gasteiger charge is -2.10. The van der Waals surface area contributed by atoms with Crippen molar-refractivity contribution in [2.45, 2.75) is 13.5 Å². The summed E-state index contributed by atoms with van der Waals surface area (Å²) in [5, 5.41) is 7.85. The number of halogens is 1. The molecule has 1 N–H and O–H groups in total. The van der Waals surface area contributed by atoms with E-state index in [0.717, 1.165) is 5.56 Å². The smallest absolute Gasteiger partial charge is 0.488 e. The van der Waals surface area contributed by atoms with Crippen molar-refractivity contribution in [2.75, 3.05) is 0 Å². The van der Waals surface area contributed by atoms with Gasteiger partial charge in [-0.1, -0.05) is 41.9 Å². The third kappa shape index (κ3) is 3.37. The molecule has 0 atom stereocenters. The second kappa shape index (κ2) is 6.54. The fourth-order valence-electron chi connectivity index (χ4n) is 1.77. The molecule has 0 aliphatic carbocycles. The van der Waals surface area contributed by atoms with E-state index in [1.54, 1.807) is 6.92 Å². The number of hydrogen-bond donors (Lipinski definition) is 1. The first-order valence-electron chi connectivity index (χ1n) is 5.84. The molecule has 0 radical (unpaired) electrons. The van der Waals surface area contributed by atoms with E-state index < -0.39 is 0 Å². The minimum atomic E-state index is -0.130. The lowest BCUT2D eigenvalue weighted by atomic mass is 10.2. The Morgan fingerprint density at radius 1 is 1.40 bits per heavy atom. The number of aromatic nitrogens is 1. The maximum absolute atomic E-state index is 10.9. The minimum Gasteiger partial charge on any atom is -0.488 e. The van der Waals surface area contributed by atoms with Crippen molar-refractivity contribution < 1.29 is 8.95 Å². The van der Waals surface area contributed by atoms with Crippen molar-refractivity contribution in [1.82, 2.24) is 4.98 Å². The van der Waals surface area contributed by atoms with Crippen molar-refractivity contribution in [1.29, 1.82) is 5.41 Å². The quantitative estimate of drug-likeness (QED) is 0.407. The van der Waals surface area contributed by atoms with E-state index in [9.17, 15) is 4.21 Å². The number of nitrogens with zero attached hydrogens (tertiary/aromatic N) is 1. The molecule has 1 aromatic heterocycles. The Morgan fingerprint density at radius 3 is 2.75 bits per heavy atom. The number of hydrogen-bond acceptors (Lipinski definition) is 4. The predicted octanol–water partition coefficient (Wildman–Crippen LogP) is 3.38. The summed E-state index contributed by atoms with van der Waals surface area (Å²) in [6, 6.07) is 11.1. The normalized spacial score (nSPS) is 10.1. The van der Waals surface area contributed by atoms with E-state index in [1.807, 2.05) is 30.3 Å². The van der Waals surface area contributed by atoms with Gasteiger partial charge in [0.15, 0.2) is 0 Å². The van der Waals surface area contributed by atoms with Gasteiger partial charge in [0, 0.05) is 10.3 Å². The molecule has 1 heterocycles. The zero-order valence-corrected chi connectivity index (χ0v) is 12.3. The fourth-order valence-corrected chi connectivity index (χ4v) is 2.33. The molecule has 20 heavy (non-hydrogen) atoms. The number of ether oxygens (including phenoxy) is 1. The van der Waals surface area contributed by atoms with Gasteiger partial charge in [0.1, 0.15) is 23.1 Å². The summed E-state index contributed by atoms with van der Waals surface area (Å²) in [6.45, 7) is 2.03. The van der Waals surface area contributed by atoms with Crippen LogP contribution >= 0.6 is 11.6 Å². The molecule has 2 rings (SSSR count). The van der Waals surface area contributed by atoms with Gasteiger partial charge in [-0.2, -0.15) is 0 Å². The van der Waals surface area contributed by atoms with Crippen LogP contribution in [0.25, 0.3) is 0 Å². The number of rotatable bonds is 4. The van der Waals surface area contributed by atoms with E-state index in [0.29, 0.717) is 23.6 Å². The van der Waals surface area contributed by atoms with E-state index in [4.69, 9.17) is 21.7 Å². The molecule has 0 fully saturated rings. The first-order chi connectivity index (χ1) is 9.61. The van der Waals surface area contributed by atoms with E-state index in [1.165, 1.54) is 6.07 Å². The molecule has 0 spiro atoms. The van der Waals surface area contributed by atoms with Crippen LogP contribution in [-0.2, 0) is 22.5 Å². The van der Waals surface area contributed by atoms with Crippen LogP contribution in [0.4, 0.5) is 0 Å². The van der Waals surface area contributed by atoms with Gasteiger partial charge in [0.25, 0.3) is 0 Å². The monoisotopic (exact) mass is 307 g/mol. The van der Waals surface area contributed by atoms with Crippen LogP contribution < -0.4 is 4.74 Å². The summed E-state index contributed by atoms with van der Waals surface area (Å²) in [5.74, 6) is 0.403. The summed E-state index contributed by atoms with van der Waals surface area (Å²) in [4.78, 5) is 4.05. The van der Waals surface area contributed by atoms with Crippen LogP contribution in [0.5, 0.6) is 5.75 Å². The van der Waals surface area contributed by atoms with E-state index >= 15 is 0 Å². The van der Waals surface area contributed by atoms with Gasteiger partial charge in [-0.3, -0.25) is 0 Å². The predicted molar refractivity (Wildman–Crippen MR) is 79.6 cm³/mol. The second-order valence-corrected chi connectivity index (χ2v) is 5.05. The number of benzene rings is 1. The molecule has 0 aliphatic heterocycles. The lowest BCUT2D eigenvalue weighted by molar-refractivity contribution is 0.305. The SMILES string of the molecule is Cc1nc(Cl)cc(OCc2ccccc2)c1C(=N)[S+]=O. The molecule has 0 bridgehead atoms. The van der Waals surface area contributed by atoms with Gasteiger partial charge < -0.3 is 4.74 Å². The Labute approximate surface area is 125 Å². The van der Waals surface area contributed by atoms with Crippen LogP contribution in [0.2, 0.25) is 5.15 Å². The highest BCUT2D eigenvalue weighted by Gasteiger charge is 2.24. The first-order valence-corrected chi connectivity index (χ1v) is 6.96. The molecule has 102 valence electrons. The second-order valence-electron chi connectivity index (χ2n) is 4.09. The van der Waals surface area contributed by atoms with Crippen molar-refractivity contribution in [3.63, 3.8) is 0 Å². The highest BCUT2D eigenvalue weighted by atomic mass is 35.5. The Kier molecular flexibility index (Phi) is 4.76. The molecule has 0 amide bonds. The molecule has 0 saturated carbocycles. The summed E-state index contributed by atoms with van der Waals surface area (Å²) >= 11 is 6.01. The van der Waals surface area contributed by atoms with Crippen LogP contribution in [-0.4, -0.2) is 10.0 Å². The van der Waals surface area contributed by atoms with Crippen LogP contribution in [0, 0.1) is 12.3 Å². The summed E-state index contributed by atoms with van der Waals surface area (Å²) in [7, 11) is 0. The Hall–Kier alpha value is -1.85. The third-order valence-corrected chi connectivity index (χ3v) is 3.24. The molecular weight excluding hydrogens is 296 g/mol. The summed E-state index contributed by atoms with van der Waals surface area (Å²) in [6.07, 6.45) is 0. The molecule has 0 unspecified atom stereocenters. The van der Waals surface area contributed by atoms with Crippen LogP contribution in [0.3, 0.4) is 0 Å². The highest BCUT2D eigenvalue weighted by molar-refractivity contribution is 7.84. The number of nitrogens with one attached hydrogen (secondary N) is 1. The van der Waals surface area contributed by atoms with E-state index in [-0.39, 0.29) is 21.9 Å². The zero-order chi connectivity index (χ0) is 14.5. The van der Waals surface area contributed by atoms with Crippen molar-refractivity contribution >= 4 is 28.3 Å². The Balaban J connectivity index is 2.30. The minimum absolute atomic E-state index is 0.104. The van der Waals surface area contributed by atoms with Gasteiger partial charge in [0.05, 0.1) is 5.69 Å². The summed E-state index contributed by atoms with van der Waals surface area (Å²) in [5.41, 5.74) is 1.89. The Morgan fingerprint density at radius 2 is 2.10 bits per heavy atom. The maximum atomic E-state index is 10.9. The van der Waals surface area contributed by atoms with Gasteiger partial charge in [-0.15, -0.1) is 0 Å². The lowest BCUT2D eigenvalue weighted by Crippen LogP contribution is -2.07. The molecule has 2 aromatic rings. The van der Waals surface area contributed by atoms with Crippen LogP contribution in [0.15, 0.2) is 36.4 Å². The van der Waals surface area contributed by atoms with Gasteiger partial charge in [0.2, 0.25) is 0 Å². The van der Waals surface area contributed by atoms with Crippen molar-refractivity contribution in [2.24, 2.45) is 0 Å². The topological polar surface area (TPSA) is 63.0 Å². The molecule has 0 saturated heterocycles. The molecule has 4 nitrogen and oxygen atoms in total. The Bertz CT molecular complexity index is 647. The fraction of sp³-hybridized carbons (Fsp3) is 0.143. The summed E-state index contributed by atoms with van der Waals surface area (Å²) < 4.78 is 16.6. The maximum Gasteiger partial charge on any atom is 0.527 e. The average molecular weight is 308 g/mol. The van der Waals surface area contributed by atoms with Crippen molar-refractivity contribution in [3.05, 3.63) is 58.4 Å². The van der Waals surface area contributed by atoms with Gasteiger partial charge >= 0.3 is 16.7 Å². The molecule has 1 aromatic carbocycles. The van der Waals surface area contributed by atoms with Gasteiger partial charge in [-0.25, -0.2) is 10.4 Å². The number of pyridine rings is 1. The van der Waals surface area contributed by atoms with Crippen molar-refractivity contribution in [3.8, 4) is 5.75 Å².